The first-order valence-electron chi connectivity index (χ1n) is 5.30. The lowest BCUT2D eigenvalue weighted by Gasteiger charge is -2.06. The molecule has 2 N–H and O–H groups in total. The van der Waals surface area contributed by atoms with Crippen LogP contribution < -0.4 is 5.73 Å². The minimum Gasteiger partial charge on any atom is -0.398 e. The molecule has 17 heavy (non-hydrogen) atoms. The highest BCUT2D eigenvalue weighted by atomic mass is 32.2. The second-order valence-electron chi connectivity index (χ2n) is 3.89. The van der Waals surface area contributed by atoms with Crippen molar-refractivity contribution in [3.8, 4) is 0 Å². The van der Waals surface area contributed by atoms with Crippen LogP contribution >= 0.6 is 0 Å². The van der Waals surface area contributed by atoms with E-state index in [1.807, 2.05) is 31.2 Å². The van der Waals surface area contributed by atoms with Gasteiger partial charge in [-0.2, -0.15) is 0 Å². The zero-order valence-electron chi connectivity index (χ0n) is 9.59. The van der Waals surface area contributed by atoms with Gasteiger partial charge < -0.3 is 5.73 Å². The normalized spacial score (nSPS) is 12.3. The van der Waals surface area contributed by atoms with Crippen LogP contribution in [0.1, 0.15) is 11.1 Å². The Morgan fingerprint density at radius 1 is 1.35 bits per heavy atom. The van der Waals surface area contributed by atoms with Gasteiger partial charge in [0.2, 0.25) is 0 Å². The lowest BCUT2D eigenvalue weighted by Crippen LogP contribution is -2.01. The molecule has 1 aromatic heterocycles. The van der Waals surface area contributed by atoms with Gasteiger partial charge in [-0.05, 0) is 36.2 Å². The summed E-state index contributed by atoms with van der Waals surface area (Å²) in [5.74, 6) is 0.446. The van der Waals surface area contributed by atoms with E-state index in [2.05, 4.69) is 4.98 Å². The number of aryl methyl sites for hydroxylation is 1. The molecule has 0 aliphatic rings. The third kappa shape index (κ3) is 2.91. The molecule has 0 saturated carbocycles. The molecule has 0 fully saturated rings. The molecule has 1 unspecified atom stereocenters. The van der Waals surface area contributed by atoms with Crippen molar-refractivity contribution in [1.82, 2.24) is 4.98 Å². The Hall–Kier alpha value is -1.68. The van der Waals surface area contributed by atoms with Crippen molar-refractivity contribution in [3.05, 3.63) is 53.9 Å². The highest BCUT2D eigenvalue weighted by molar-refractivity contribution is 7.84. The summed E-state index contributed by atoms with van der Waals surface area (Å²) >= 11 is 0. The van der Waals surface area contributed by atoms with Crippen molar-refractivity contribution >= 4 is 16.5 Å². The average molecular weight is 246 g/mol. The number of nitrogens with zero attached hydrogens (tertiary/aromatic N) is 1. The van der Waals surface area contributed by atoms with Crippen LogP contribution in [-0.4, -0.2) is 9.19 Å². The van der Waals surface area contributed by atoms with Crippen LogP contribution in [0, 0.1) is 6.92 Å². The van der Waals surface area contributed by atoms with Crippen molar-refractivity contribution in [1.29, 1.82) is 0 Å². The molecule has 0 aliphatic heterocycles. The van der Waals surface area contributed by atoms with E-state index in [9.17, 15) is 4.21 Å². The van der Waals surface area contributed by atoms with Crippen LogP contribution in [0.25, 0.3) is 0 Å². The van der Waals surface area contributed by atoms with Gasteiger partial charge in [-0.3, -0.25) is 9.19 Å². The summed E-state index contributed by atoms with van der Waals surface area (Å²) in [5, 5.41) is 0. The Morgan fingerprint density at radius 3 is 2.88 bits per heavy atom. The molecule has 1 heterocycles. The first-order valence-corrected chi connectivity index (χ1v) is 6.62. The highest BCUT2D eigenvalue weighted by Crippen LogP contribution is 2.20. The molecular weight excluding hydrogens is 232 g/mol. The summed E-state index contributed by atoms with van der Waals surface area (Å²) in [5.41, 5.74) is 8.43. The molecule has 0 aliphatic carbocycles. The largest absolute Gasteiger partial charge is 0.398 e. The topological polar surface area (TPSA) is 56.0 Å². The minimum absolute atomic E-state index is 0.446. The van der Waals surface area contributed by atoms with Gasteiger partial charge in [0.15, 0.2) is 0 Å². The minimum atomic E-state index is -1.12. The van der Waals surface area contributed by atoms with Gasteiger partial charge in [-0.1, -0.05) is 12.1 Å². The third-order valence-corrected chi connectivity index (χ3v) is 3.87. The Kier molecular flexibility index (Phi) is 3.54. The zero-order valence-corrected chi connectivity index (χ0v) is 10.4. The van der Waals surface area contributed by atoms with E-state index in [0.29, 0.717) is 16.3 Å². The molecule has 4 heteroatoms. The van der Waals surface area contributed by atoms with E-state index in [1.54, 1.807) is 18.5 Å². The second-order valence-corrected chi connectivity index (χ2v) is 5.31. The molecule has 0 amide bonds. The number of benzene rings is 1. The number of hydrogen-bond acceptors (Lipinski definition) is 3. The lowest BCUT2D eigenvalue weighted by molar-refractivity contribution is 0.682. The summed E-state index contributed by atoms with van der Waals surface area (Å²) in [6.07, 6.45) is 3.43. The third-order valence-electron chi connectivity index (χ3n) is 2.43. The Labute approximate surface area is 103 Å². The van der Waals surface area contributed by atoms with Crippen molar-refractivity contribution in [3.63, 3.8) is 0 Å². The second kappa shape index (κ2) is 5.10. The number of anilines is 1. The summed E-state index contributed by atoms with van der Waals surface area (Å²) in [6.45, 7) is 1.96. The number of nitrogen functional groups attached to an aromatic ring is 1. The maximum atomic E-state index is 12.2. The summed E-state index contributed by atoms with van der Waals surface area (Å²) in [4.78, 5) is 4.71. The fourth-order valence-electron chi connectivity index (χ4n) is 1.55. The van der Waals surface area contributed by atoms with E-state index in [0.717, 1.165) is 11.1 Å². The fraction of sp³-hybridized carbons (Fsp3) is 0.154. The van der Waals surface area contributed by atoms with Gasteiger partial charge in [-0.15, -0.1) is 0 Å². The number of hydrogen-bond donors (Lipinski definition) is 1. The van der Waals surface area contributed by atoms with Crippen LogP contribution in [-0.2, 0) is 16.6 Å². The van der Waals surface area contributed by atoms with Crippen molar-refractivity contribution in [2.75, 3.05) is 5.73 Å². The molecule has 0 saturated heterocycles. The predicted octanol–water partition coefficient (Wildman–Crippen LogP) is 2.28. The quantitative estimate of drug-likeness (QED) is 0.845. The molecule has 1 aromatic carbocycles. The van der Waals surface area contributed by atoms with Crippen LogP contribution in [0.15, 0.2) is 47.6 Å². The molecule has 1 atom stereocenters. The first-order chi connectivity index (χ1) is 8.16. The zero-order chi connectivity index (χ0) is 12.3. The van der Waals surface area contributed by atoms with Crippen LogP contribution in [0.2, 0.25) is 0 Å². The van der Waals surface area contributed by atoms with Crippen LogP contribution in [0.3, 0.4) is 0 Å². The summed E-state index contributed by atoms with van der Waals surface area (Å²) in [6, 6.07) is 9.34. The average Bonchev–Trinajstić information content (AvgIpc) is 2.33. The van der Waals surface area contributed by atoms with E-state index in [4.69, 9.17) is 5.73 Å². The van der Waals surface area contributed by atoms with Gasteiger partial charge in [0.05, 0.1) is 21.4 Å². The van der Waals surface area contributed by atoms with E-state index in [-0.39, 0.29) is 0 Å². The van der Waals surface area contributed by atoms with Crippen molar-refractivity contribution in [2.45, 2.75) is 17.6 Å². The Bertz CT molecular complexity index is 540. The Balaban J connectivity index is 2.23. The van der Waals surface area contributed by atoms with Crippen molar-refractivity contribution < 1.29 is 4.21 Å². The maximum absolute atomic E-state index is 12.2. The number of nitrogens with two attached hydrogens (primary N) is 1. The standard InChI is InChI=1S/C13H14N2OS/c1-10-4-5-12(14)13(7-10)17(16)9-11-3-2-6-15-8-11/h2-8H,9,14H2,1H3. The number of pyridine rings is 1. The molecule has 88 valence electrons. The smallest absolute Gasteiger partial charge is 0.0623 e. The fourth-order valence-corrected chi connectivity index (χ4v) is 2.83. The maximum Gasteiger partial charge on any atom is 0.0623 e. The predicted molar refractivity (Wildman–Crippen MR) is 69.9 cm³/mol. The molecule has 2 rings (SSSR count). The first kappa shape index (κ1) is 11.8. The highest BCUT2D eigenvalue weighted by Gasteiger charge is 2.09. The van der Waals surface area contributed by atoms with Crippen LogP contribution in [0.5, 0.6) is 0 Å². The van der Waals surface area contributed by atoms with Gasteiger partial charge in [-0.25, -0.2) is 0 Å². The molecule has 0 bridgehead atoms. The SMILES string of the molecule is Cc1ccc(N)c(S(=O)Cc2cccnc2)c1. The molecule has 2 aromatic rings. The molecular formula is C13H14N2OS. The van der Waals surface area contributed by atoms with Gasteiger partial charge in [0.1, 0.15) is 0 Å². The number of aromatic nitrogens is 1. The monoisotopic (exact) mass is 246 g/mol. The summed E-state index contributed by atoms with van der Waals surface area (Å²) in [7, 11) is -1.12. The molecule has 0 spiro atoms. The number of rotatable bonds is 3. The van der Waals surface area contributed by atoms with E-state index >= 15 is 0 Å². The van der Waals surface area contributed by atoms with E-state index in [1.165, 1.54) is 0 Å². The van der Waals surface area contributed by atoms with Gasteiger partial charge in [0.25, 0.3) is 0 Å². The Morgan fingerprint density at radius 2 is 2.18 bits per heavy atom. The lowest BCUT2D eigenvalue weighted by atomic mass is 10.2. The van der Waals surface area contributed by atoms with Gasteiger partial charge >= 0.3 is 0 Å². The van der Waals surface area contributed by atoms with Gasteiger partial charge in [0, 0.05) is 18.1 Å². The molecule has 0 radical (unpaired) electrons. The summed E-state index contributed by atoms with van der Waals surface area (Å²) < 4.78 is 12.2. The van der Waals surface area contributed by atoms with E-state index < -0.39 is 10.8 Å². The van der Waals surface area contributed by atoms with Crippen molar-refractivity contribution in [2.24, 2.45) is 0 Å². The van der Waals surface area contributed by atoms with Crippen LogP contribution in [0.4, 0.5) is 5.69 Å². The molecule has 3 nitrogen and oxygen atoms in total.